The number of benzene rings is 2. The van der Waals surface area contributed by atoms with Gasteiger partial charge in [0.15, 0.2) is 0 Å². The standard InChI is InChI=1S/C21H26NO3P/c1-6-22(7-2)21(24)26(25,18-11-9-8-10-12-18)20(23)19-16(4)13-15(3)14-17(19)5/h8-14H,6-7H2,1-5H3. The molecule has 0 N–H and O–H groups in total. The molecule has 5 heteroatoms. The average Bonchev–Trinajstić information content (AvgIpc) is 2.61. The Bertz CT molecular complexity index is 847. The molecule has 138 valence electrons. The van der Waals surface area contributed by atoms with E-state index >= 15 is 0 Å². The number of nitrogens with zero attached hydrogens (tertiary/aromatic N) is 1. The van der Waals surface area contributed by atoms with Crippen molar-refractivity contribution in [1.82, 2.24) is 4.90 Å². The summed E-state index contributed by atoms with van der Waals surface area (Å²) in [6, 6.07) is 12.2. The molecule has 0 aliphatic rings. The monoisotopic (exact) mass is 371 g/mol. The molecule has 26 heavy (non-hydrogen) atoms. The minimum absolute atomic E-state index is 0.293. The molecule has 4 nitrogen and oxygen atoms in total. The van der Waals surface area contributed by atoms with Crippen LogP contribution in [-0.4, -0.2) is 29.2 Å². The first kappa shape index (κ1) is 20.1. The maximum atomic E-state index is 14.0. The lowest BCUT2D eigenvalue weighted by atomic mass is 10.0. The third-order valence-electron chi connectivity index (χ3n) is 4.60. The Morgan fingerprint density at radius 3 is 1.88 bits per heavy atom. The summed E-state index contributed by atoms with van der Waals surface area (Å²) in [5, 5.41) is 0.293. The third-order valence-corrected chi connectivity index (χ3v) is 7.24. The number of carbonyl (C=O) groups is 2. The van der Waals surface area contributed by atoms with Gasteiger partial charge in [-0.05, 0) is 45.7 Å². The molecule has 0 heterocycles. The lowest BCUT2D eigenvalue weighted by Crippen LogP contribution is -2.34. The number of amides is 1. The van der Waals surface area contributed by atoms with Gasteiger partial charge in [0, 0.05) is 24.0 Å². The van der Waals surface area contributed by atoms with Crippen molar-refractivity contribution >= 4 is 23.6 Å². The van der Waals surface area contributed by atoms with Crippen molar-refractivity contribution in [3.05, 3.63) is 64.7 Å². The number of aryl methyl sites for hydroxylation is 3. The maximum Gasteiger partial charge on any atom is 0.293 e. The predicted molar refractivity (Wildman–Crippen MR) is 107 cm³/mol. The maximum absolute atomic E-state index is 14.0. The minimum Gasteiger partial charge on any atom is -0.336 e. The Morgan fingerprint density at radius 2 is 1.42 bits per heavy atom. The Balaban J connectivity index is 2.72. The van der Waals surface area contributed by atoms with E-state index in [9.17, 15) is 14.2 Å². The summed E-state index contributed by atoms with van der Waals surface area (Å²) in [5.74, 6) is 0. The number of hydrogen-bond acceptors (Lipinski definition) is 3. The van der Waals surface area contributed by atoms with Gasteiger partial charge < -0.3 is 4.90 Å². The van der Waals surface area contributed by atoms with Crippen molar-refractivity contribution in [3.63, 3.8) is 0 Å². The molecule has 0 radical (unpaired) electrons. The van der Waals surface area contributed by atoms with Crippen LogP contribution in [0.4, 0.5) is 4.79 Å². The van der Waals surface area contributed by atoms with Gasteiger partial charge in [0.25, 0.3) is 12.8 Å². The molecule has 1 amide bonds. The number of carbonyl (C=O) groups excluding carboxylic acids is 2. The van der Waals surface area contributed by atoms with Crippen LogP contribution in [0, 0.1) is 20.8 Å². The topological polar surface area (TPSA) is 54.5 Å². The summed E-state index contributed by atoms with van der Waals surface area (Å²) in [6.07, 6.45) is 0. The van der Waals surface area contributed by atoms with Crippen molar-refractivity contribution in [2.75, 3.05) is 13.1 Å². The lowest BCUT2D eigenvalue weighted by molar-refractivity contribution is 0.107. The molecule has 0 aromatic heterocycles. The highest BCUT2D eigenvalue weighted by Gasteiger charge is 2.45. The van der Waals surface area contributed by atoms with Crippen molar-refractivity contribution in [1.29, 1.82) is 0 Å². The third kappa shape index (κ3) is 3.52. The zero-order valence-electron chi connectivity index (χ0n) is 16.1. The minimum atomic E-state index is -3.99. The van der Waals surface area contributed by atoms with E-state index in [4.69, 9.17) is 0 Å². The van der Waals surface area contributed by atoms with E-state index in [1.165, 1.54) is 4.90 Å². The smallest absolute Gasteiger partial charge is 0.293 e. The second-order valence-corrected chi connectivity index (χ2v) is 9.00. The van der Waals surface area contributed by atoms with Crippen molar-refractivity contribution in [2.45, 2.75) is 34.6 Å². The molecule has 1 atom stereocenters. The molecule has 0 saturated heterocycles. The summed E-state index contributed by atoms with van der Waals surface area (Å²) in [4.78, 5) is 28.1. The van der Waals surface area contributed by atoms with Gasteiger partial charge in [0.2, 0.25) is 5.52 Å². The second kappa shape index (κ2) is 8.01. The molecule has 0 bridgehead atoms. The summed E-state index contributed by atoms with van der Waals surface area (Å²) >= 11 is 0. The van der Waals surface area contributed by atoms with Gasteiger partial charge in [-0.1, -0.05) is 48.0 Å². The molecular formula is C21H26NO3P. The number of rotatable bonds is 6. The molecule has 0 fully saturated rings. The quantitative estimate of drug-likeness (QED) is 0.679. The van der Waals surface area contributed by atoms with Gasteiger partial charge in [-0.15, -0.1) is 0 Å². The largest absolute Gasteiger partial charge is 0.336 e. The van der Waals surface area contributed by atoms with Gasteiger partial charge in [-0.25, -0.2) is 0 Å². The van der Waals surface area contributed by atoms with Crippen molar-refractivity contribution in [3.8, 4) is 0 Å². The van der Waals surface area contributed by atoms with Crippen molar-refractivity contribution < 1.29 is 14.2 Å². The van der Waals surface area contributed by atoms with E-state index < -0.39 is 18.3 Å². The van der Waals surface area contributed by atoms with E-state index in [-0.39, 0.29) is 0 Å². The first-order valence-corrected chi connectivity index (χ1v) is 10.6. The normalized spacial score (nSPS) is 13.1. The molecule has 2 rings (SSSR count). The van der Waals surface area contributed by atoms with Gasteiger partial charge in [-0.2, -0.15) is 0 Å². The van der Waals surface area contributed by atoms with Crippen LogP contribution in [-0.2, 0) is 4.57 Å². The molecule has 0 saturated carbocycles. The van der Waals surface area contributed by atoms with Crippen LogP contribution in [0.25, 0.3) is 0 Å². The number of hydrogen-bond donors (Lipinski definition) is 0. The Kier molecular flexibility index (Phi) is 6.20. The van der Waals surface area contributed by atoms with Crippen LogP contribution in [0.5, 0.6) is 0 Å². The molecule has 0 spiro atoms. The zero-order valence-corrected chi connectivity index (χ0v) is 17.0. The van der Waals surface area contributed by atoms with Gasteiger partial charge in [0.05, 0.1) is 0 Å². The molecule has 2 aromatic rings. The van der Waals surface area contributed by atoms with Gasteiger partial charge >= 0.3 is 0 Å². The zero-order chi connectivity index (χ0) is 19.5. The Morgan fingerprint density at radius 1 is 0.923 bits per heavy atom. The Hall–Kier alpha value is -2.19. The fourth-order valence-electron chi connectivity index (χ4n) is 3.32. The highest BCUT2D eigenvalue weighted by atomic mass is 31.2. The van der Waals surface area contributed by atoms with E-state index in [1.807, 2.05) is 46.8 Å². The van der Waals surface area contributed by atoms with E-state index in [2.05, 4.69) is 0 Å². The second-order valence-electron chi connectivity index (χ2n) is 6.48. The lowest BCUT2D eigenvalue weighted by Gasteiger charge is -2.25. The molecule has 0 aliphatic heterocycles. The summed E-state index contributed by atoms with van der Waals surface area (Å²) in [5.41, 5.74) is 1.75. The van der Waals surface area contributed by atoms with Crippen LogP contribution < -0.4 is 5.30 Å². The Labute approximate surface area is 155 Å². The van der Waals surface area contributed by atoms with Crippen LogP contribution in [0.1, 0.15) is 40.9 Å². The summed E-state index contributed by atoms with van der Waals surface area (Å²) in [7, 11) is -3.99. The van der Waals surface area contributed by atoms with Crippen molar-refractivity contribution in [2.24, 2.45) is 0 Å². The van der Waals surface area contributed by atoms with E-state index in [0.717, 1.165) is 16.7 Å². The highest BCUT2D eigenvalue weighted by Crippen LogP contribution is 2.51. The fraction of sp³-hybridized carbons (Fsp3) is 0.333. The molecule has 0 aliphatic carbocycles. The molecule has 2 aromatic carbocycles. The van der Waals surface area contributed by atoms with Crippen LogP contribution in [0.3, 0.4) is 0 Å². The SMILES string of the molecule is CCN(CC)C(=O)P(=O)(C(=O)c1c(C)cc(C)cc1C)c1ccccc1. The summed E-state index contributed by atoms with van der Waals surface area (Å²) < 4.78 is 14.0. The first-order valence-electron chi connectivity index (χ1n) is 8.85. The van der Waals surface area contributed by atoms with Gasteiger partial charge in [0.1, 0.15) is 0 Å². The fourth-order valence-corrected chi connectivity index (χ4v) is 5.89. The van der Waals surface area contributed by atoms with Crippen LogP contribution >= 0.6 is 7.14 Å². The summed E-state index contributed by atoms with van der Waals surface area (Å²) in [6.45, 7) is 10.1. The molecule has 1 unspecified atom stereocenters. The van der Waals surface area contributed by atoms with Gasteiger partial charge in [-0.3, -0.25) is 14.2 Å². The van der Waals surface area contributed by atoms with Crippen LogP contribution in [0.2, 0.25) is 0 Å². The predicted octanol–water partition coefficient (Wildman–Crippen LogP) is 4.90. The van der Waals surface area contributed by atoms with E-state index in [0.29, 0.717) is 24.0 Å². The first-order chi connectivity index (χ1) is 12.3. The van der Waals surface area contributed by atoms with Crippen LogP contribution in [0.15, 0.2) is 42.5 Å². The average molecular weight is 371 g/mol. The highest BCUT2D eigenvalue weighted by molar-refractivity contribution is 8.00. The van der Waals surface area contributed by atoms with E-state index in [1.54, 1.807) is 30.3 Å². The molecular weight excluding hydrogens is 345 g/mol.